The van der Waals surface area contributed by atoms with Gasteiger partial charge in [0.25, 0.3) is 0 Å². The van der Waals surface area contributed by atoms with Crippen molar-refractivity contribution in [2.24, 2.45) is 3.34 Å². The van der Waals surface area contributed by atoms with Crippen molar-refractivity contribution in [2.45, 2.75) is 33.2 Å². The Hall–Kier alpha value is 0.500. The molecule has 0 unspecified atom stereocenters. The molecule has 0 saturated carbocycles. The molecular weight excluding hydrogens is 293 g/mol. The summed E-state index contributed by atoms with van der Waals surface area (Å²) in [5.74, 6) is 0. The van der Waals surface area contributed by atoms with E-state index in [0.717, 1.165) is 6.54 Å². The first-order chi connectivity index (χ1) is 4.45. The molecule has 0 aromatic heterocycles. The third-order valence-corrected chi connectivity index (χ3v) is 5.55. The Morgan fingerprint density at radius 1 is 1.40 bits per heavy atom. The fraction of sp³-hybridized carbons (Fsp3) is 1.00. The average molecular weight is 310 g/mol. The summed E-state index contributed by atoms with van der Waals surface area (Å²) in [7, 11) is 2.16. The Bertz CT molecular complexity index is 115. The number of nitrogens with zero attached hydrogens (tertiary/aromatic N) is 2. The van der Waals surface area contributed by atoms with Crippen LogP contribution in [0, 0.1) is 0 Å². The Morgan fingerprint density at radius 3 is 2.20 bits per heavy atom. The van der Waals surface area contributed by atoms with Gasteiger partial charge in [0.05, 0.1) is 0 Å². The van der Waals surface area contributed by atoms with Crippen LogP contribution in [0.2, 0.25) is 0 Å². The molecule has 60 valence electrons. The van der Waals surface area contributed by atoms with Gasteiger partial charge in [0.15, 0.2) is 0 Å². The Kier molecular flexibility index (Phi) is 4.61. The Morgan fingerprint density at radius 2 is 1.90 bits per heavy atom. The standard InChI is InChI=1S/C4H9N.C3H8N.Ta/c1-4(2,3)5;1-3-4-2;/h1-3H3;3H2,1-2H3;/q;-1;+1. The van der Waals surface area contributed by atoms with Gasteiger partial charge >= 0.3 is 73.3 Å². The molecule has 0 heterocycles. The molecule has 10 heavy (non-hydrogen) atoms. The van der Waals surface area contributed by atoms with E-state index in [4.69, 9.17) is 0 Å². The molecule has 0 rings (SSSR count). The third-order valence-electron chi connectivity index (χ3n) is 0.955. The van der Waals surface area contributed by atoms with Gasteiger partial charge in [-0.1, -0.05) is 0 Å². The maximum absolute atomic E-state index is 4.63. The molecule has 0 aliphatic heterocycles. The molecular formula is C7H17N2Ta. The average Bonchev–Trinajstić information content (AvgIpc) is 1.81. The van der Waals surface area contributed by atoms with E-state index in [-0.39, 0.29) is 5.54 Å². The van der Waals surface area contributed by atoms with Crippen molar-refractivity contribution in [1.29, 1.82) is 0 Å². The Balaban J connectivity index is 3.75. The zero-order valence-corrected chi connectivity index (χ0v) is 10.8. The van der Waals surface area contributed by atoms with Crippen molar-refractivity contribution in [3.05, 3.63) is 0 Å². The van der Waals surface area contributed by atoms with Crippen LogP contribution in [0.15, 0.2) is 3.34 Å². The quantitative estimate of drug-likeness (QED) is 0.761. The molecule has 0 spiro atoms. The predicted octanol–water partition coefficient (Wildman–Crippen LogP) is 1.92. The van der Waals surface area contributed by atoms with E-state index in [1.807, 2.05) is 0 Å². The molecule has 0 aromatic carbocycles. The maximum atomic E-state index is 4.63. The SMILES string of the molecule is CC[N](C)[Ta]=[N]C(C)(C)C. The van der Waals surface area contributed by atoms with Gasteiger partial charge in [-0.05, 0) is 0 Å². The monoisotopic (exact) mass is 310 g/mol. The summed E-state index contributed by atoms with van der Waals surface area (Å²) in [6.07, 6.45) is 0. The van der Waals surface area contributed by atoms with Crippen LogP contribution in [0.5, 0.6) is 0 Å². The van der Waals surface area contributed by atoms with Crippen LogP contribution in [0.4, 0.5) is 0 Å². The number of rotatable bonds is 2. The van der Waals surface area contributed by atoms with Crippen LogP contribution in [0.3, 0.4) is 0 Å². The topological polar surface area (TPSA) is 15.6 Å². The van der Waals surface area contributed by atoms with E-state index < -0.39 is 19.8 Å². The molecule has 0 aliphatic carbocycles. The first kappa shape index (κ1) is 10.5. The van der Waals surface area contributed by atoms with E-state index in [1.54, 1.807) is 0 Å². The summed E-state index contributed by atoms with van der Waals surface area (Å²) in [6.45, 7) is 9.83. The van der Waals surface area contributed by atoms with Crippen molar-refractivity contribution in [1.82, 2.24) is 3.30 Å². The summed E-state index contributed by atoms with van der Waals surface area (Å²) in [5.41, 5.74) is 0.195. The van der Waals surface area contributed by atoms with Gasteiger partial charge in [-0.2, -0.15) is 0 Å². The molecule has 2 nitrogen and oxygen atoms in total. The molecule has 0 fully saturated rings. The molecule has 0 aliphatic rings. The first-order valence-corrected chi connectivity index (χ1v) is 6.47. The van der Waals surface area contributed by atoms with Gasteiger partial charge in [0.2, 0.25) is 0 Å². The van der Waals surface area contributed by atoms with Crippen LogP contribution in [-0.4, -0.2) is 22.4 Å². The summed E-state index contributed by atoms with van der Waals surface area (Å²) < 4.78 is 7.00. The summed E-state index contributed by atoms with van der Waals surface area (Å²) in [6, 6.07) is 0. The number of hydrogen-bond donors (Lipinski definition) is 0. The minimum atomic E-state index is -0.657. The van der Waals surface area contributed by atoms with E-state index in [9.17, 15) is 0 Å². The minimum absolute atomic E-state index is 0.195. The second kappa shape index (κ2) is 4.39. The molecule has 0 aromatic rings. The van der Waals surface area contributed by atoms with E-state index in [0.29, 0.717) is 0 Å². The summed E-state index contributed by atoms with van der Waals surface area (Å²) in [4.78, 5) is 0. The van der Waals surface area contributed by atoms with Crippen LogP contribution in [0.1, 0.15) is 27.7 Å². The van der Waals surface area contributed by atoms with Gasteiger partial charge in [-0.3, -0.25) is 0 Å². The molecule has 0 bridgehead atoms. The van der Waals surface area contributed by atoms with Crippen LogP contribution in [-0.2, 0) is 19.8 Å². The van der Waals surface area contributed by atoms with E-state index in [1.165, 1.54) is 0 Å². The van der Waals surface area contributed by atoms with Crippen LogP contribution in [0.25, 0.3) is 0 Å². The van der Waals surface area contributed by atoms with Crippen LogP contribution < -0.4 is 0 Å². The fourth-order valence-corrected chi connectivity index (χ4v) is 2.24. The van der Waals surface area contributed by atoms with Gasteiger partial charge in [-0.25, -0.2) is 0 Å². The third kappa shape index (κ3) is 6.62. The normalized spacial score (nSPS) is 13.4. The fourth-order valence-electron chi connectivity index (χ4n) is 0.274. The second-order valence-electron chi connectivity index (χ2n) is 3.33. The molecule has 0 saturated heterocycles. The zero-order chi connectivity index (χ0) is 8.20. The van der Waals surface area contributed by atoms with Crippen molar-refractivity contribution in [3.63, 3.8) is 0 Å². The van der Waals surface area contributed by atoms with E-state index >= 15 is 0 Å². The van der Waals surface area contributed by atoms with Crippen molar-refractivity contribution >= 4 is 0 Å². The first-order valence-electron chi connectivity index (χ1n) is 3.59. The number of hydrogen-bond acceptors (Lipinski definition) is 1. The van der Waals surface area contributed by atoms with Crippen molar-refractivity contribution < 1.29 is 19.8 Å². The zero-order valence-electron chi connectivity index (χ0n) is 7.55. The van der Waals surface area contributed by atoms with Gasteiger partial charge in [-0.15, -0.1) is 0 Å². The molecule has 0 N–H and O–H groups in total. The summed E-state index contributed by atoms with van der Waals surface area (Å²) in [5, 5.41) is 0. The van der Waals surface area contributed by atoms with Crippen molar-refractivity contribution in [3.8, 4) is 0 Å². The van der Waals surface area contributed by atoms with Gasteiger partial charge in [0, 0.05) is 0 Å². The molecule has 0 atom stereocenters. The molecule has 3 heteroatoms. The van der Waals surface area contributed by atoms with Gasteiger partial charge < -0.3 is 0 Å². The summed E-state index contributed by atoms with van der Waals surface area (Å²) >= 11 is -0.657. The molecule has 0 radical (unpaired) electrons. The van der Waals surface area contributed by atoms with Gasteiger partial charge in [0.1, 0.15) is 0 Å². The van der Waals surface area contributed by atoms with E-state index in [2.05, 4.69) is 41.4 Å². The Labute approximate surface area is 73.5 Å². The second-order valence-corrected chi connectivity index (χ2v) is 7.15. The molecule has 0 amide bonds. The van der Waals surface area contributed by atoms with Crippen LogP contribution >= 0.6 is 0 Å². The van der Waals surface area contributed by atoms with Crippen molar-refractivity contribution in [2.75, 3.05) is 13.6 Å². The predicted molar refractivity (Wildman–Crippen MR) is 40.5 cm³/mol.